The number of aromatic amines is 2. The van der Waals surface area contributed by atoms with Gasteiger partial charge in [-0.3, -0.25) is 15.0 Å². The predicted molar refractivity (Wildman–Crippen MR) is 114 cm³/mol. The molecule has 3 aromatic rings. The number of nitrogens with one attached hydrogen (secondary N) is 2. The molecule has 3 aliphatic rings. The zero-order chi connectivity index (χ0) is 21.0. The molecular weight excluding hydrogens is 392 g/mol. The monoisotopic (exact) mass is 418 g/mol. The molecule has 2 aliphatic carbocycles. The molecule has 3 heterocycles. The van der Waals surface area contributed by atoms with Gasteiger partial charge in [-0.1, -0.05) is 6.42 Å². The molecule has 3 fully saturated rings. The molecule has 6 rings (SSSR count). The van der Waals surface area contributed by atoms with Crippen LogP contribution in [0.1, 0.15) is 66.1 Å². The summed E-state index contributed by atoms with van der Waals surface area (Å²) in [7, 11) is 1.64. The van der Waals surface area contributed by atoms with E-state index in [0.29, 0.717) is 18.2 Å². The minimum absolute atomic E-state index is 0.00275. The van der Waals surface area contributed by atoms with Gasteiger partial charge in [-0.25, -0.2) is 4.98 Å². The summed E-state index contributed by atoms with van der Waals surface area (Å²) in [6.07, 6.45) is 5.87. The average molecular weight is 419 g/mol. The van der Waals surface area contributed by atoms with E-state index in [-0.39, 0.29) is 17.2 Å². The minimum atomic E-state index is 0.00275. The molecule has 8 nitrogen and oxygen atoms in total. The van der Waals surface area contributed by atoms with E-state index in [4.69, 9.17) is 9.72 Å². The highest BCUT2D eigenvalue weighted by Gasteiger charge is 2.53. The lowest BCUT2D eigenvalue weighted by molar-refractivity contribution is 0.0718. The molecule has 0 radical (unpaired) electrons. The third-order valence-electron chi connectivity index (χ3n) is 7.27. The molecule has 1 amide bonds. The van der Waals surface area contributed by atoms with Crippen molar-refractivity contribution in [2.75, 3.05) is 20.2 Å². The lowest BCUT2D eigenvalue weighted by atomic mass is 9.62. The Bertz CT molecular complexity index is 1110. The molecule has 160 valence electrons. The van der Waals surface area contributed by atoms with Crippen molar-refractivity contribution in [3.63, 3.8) is 0 Å². The van der Waals surface area contributed by atoms with E-state index >= 15 is 0 Å². The molecule has 2 N–H and O–H groups in total. The second kappa shape index (κ2) is 6.93. The summed E-state index contributed by atoms with van der Waals surface area (Å²) in [4.78, 5) is 20.1. The first-order chi connectivity index (χ1) is 15.1. The highest BCUT2D eigenvalue weighted by atomic mass is 16.5. The molecule has 1 unspecified atom stereocenters. The van der Waals surface area contributed by atoms with Gasteiger partial charge in [-0.05, 0) is 61.4 Å². The number of carbonyl (C=O) groups is 1. The van der Waals surface area contributed by atoms with E-state index in [9.17, 15) is 4.79 Å². The maximum absolute atomic E-state index is 13.3. The number of amides is 1. The van der Waals surface area contributed by atoms with Crippen LogP contribution in [0.4, 0.5) is 0 Å². The average Bonchev–Trinajstić information content (AvgIpc) is 3.20. The Morgan fingerprint density at radius 2 is 1.97 bits per heavy atom. The SMILES string of the molecule is COc1ccc(-c2cc(C(=O)N3CC(c4nc(C5CC5)n[nH]4)C4(CCC4)C3)[nH]n2)cc1. The molecule has 31 heavy (non-hydrogen) atoms. The molecule has 8 heteroatoms. The fraction of sp³-hybridized carbons (Fsp3) is 0.478. The predicted octanol–water partition coefficient (Wildman–Crippen LogP) is 3.49. The molecule has 0 bridgehead atoms. The Balaban J connectivity index is 1.22. The van der Waals surface area contributed by atoms with Crippen molar-refractivity contribution in [2.45, 2.75) is 43.9 Å². The standard InChI is InChI=1S/C23H26N6O2/c1-31-16-7-5-14(6-8-16)18-11-19(26-25-18)22(30)29-12-17(23(13-29)9-2-10-23)21-24-20(27-28-21)15-3-4-15/h5-8,11,15,17H,2-4,9-10,12-13H2,1H3,(H,25,26)(H,24,27,28). The number of hydrogen-bond donors (Lipinski definition) is 2. The molecule has 1 aromatic carbocycles. The lowest BCUT2D eigenvalue weighted by Crippen LogP contribution is -2.38. The molecular formula is C23H26N6O2. The molecule has 1 atom stereocenters. The largest absolute Gasteiger partial charge is 0.497 e. The van der Waals surface area contributed by atoms with Crippen molar-refractivity contribution in [1.29, 1.82) is 0 Å². The number of nitrogens with zero attached hydrogens (tertiary/aromatic N) is 4. The number of methoxy groups -OCH3 is 1. The van der Waals surface area contributed by atoms with Crippen LogP contribution in [0, 0.1) is 5.41 Å². The number of H-pyrrole nitrogens is 2. The van der Waals surface area contributed by atoms with Crippen LogP contribution < -0.4 is 4.74 Å². The number of carbonyl (C=O) groups excluding carboxylic acids is 1. The fourth-order valence-corrected chi connectivity index (χ4v) is 5.12. The highest BCUT2D eigenvalue weighted by molar-refractivity contribution is 5.93. The van der Waals surface area contributed by atoms with Crippen molar-refractivity contribution < 1.29 is 9.53 Å². The molecule has 1 spiro atoms. The van der Waals surface area contributed by atoms with E-state index in [1.54, 1.807) is 7.11 Å². The van der Waals surface area contributed by atoms with Gasteiger partial charge in [0.1, 0.15) is 17.3 Å². The van der Waals surface area contributed by atoms with E-state index in [2.05, 4.69) is 20.4 Å². The number of likely N-dealkylation sites (tertiary alicyclic amines) is 1. The Morgan fingerprint density at radius 3 is 2.65 bits per heavy atom. The number of aromatic nitrogens is 5. The second-order valence-corrected chi connectivity index (χ2v) is 9.20. The smallest absolute Gasteiger partial charge is 0.271 e. The molecule has 1 saturated heterocycles. The van der Waals surface area contributed by atoms with Gasteiger partial charge in [-0.2, -0.15) is 10.2 Å². The van der Waals surface area contributed by atoms with Crippen molar-refractivity contribution in [3.8, 4) is 17.0 Å². The quantitative estimate of drug-likeness (QED) is 0.661. The van der Waals surface area contributed by atoms with Crippen molar-refractivity contribution in [3.05, 3.63) is 47.7 Å². The van der Waals surface area contributed by atoms with Crippen LogP contribution in [-0.2, 0) is 0 Å². The van der Waals surface area contributed by atoms with Crippen molar-refractivity contribution in [1.82, 2.24) is 30.3 Å². The summed E-state index contributed by atoms with van der Waals surface area (Å²) < 4.78 is 5.21. The first-order valence-electron chi connectivity index (χ1n) is 11.1. The first-order valence-corrected chi connectivity index (χ1v) is 11.1. The van der Waals surface area contributed by atoms with Crippen molar-refractivity contribution in [2.24, 2.45) is 5.41 Å². The van der Waals surface area contributed by atoms with E-state index in [0.717, 1.165) is 48.0 Å². The topological polar surface area (TPSA) is 99.8 Å². The normalized spacial score (nSPS) is 22.0. The van der Waals surface area contributed by atoms with Crippen LogP contribution in [0.15, 0.2) is 30.3 Å². The number of rotatable bonds is 5. The van der Waals surface area contributed by atoms with Crippen LogP contribution in [0.5, 0.6) is 5.75 Å². The van der Waals surface area contributed by atoms with Gasteiger partial charge in [0.15, 0.2) is 5.82 Å². The van der Waals surface area contributed by atoms with E-state index in [1.165, 1.54) is 19.3 Å². The summed E-state index contributed by atoms with van der Waals surface area (Å²) >= 11 is 0. The van der Waals surface area contributed by atoms with Crippen LogP contribution in [-0.4, -0.2) is 56.4 Å². The van der Waals surface area contributed by atoms with Gasteiger partial charge in [0, 0.05) is 30.5 Å². The zero-order valence-corrected chi connectivity index (χ0v) is 17.6. The maximum Gasteiger partial charge on any atom is 0.271 e. The maximum atomic E-state index is 13.3. The molecule has 2 saturated carbocycles. The number of hydrogen-bond acceptors (Lipinski definition) is 5. The highest BCUT2D eigenvalue weighted by Crippen LogP contribution is 2.55. The molecule has 1 aliphatic heterocycles. The third-order valence-corrected chi connectivity index (χ3v) is 7.27. The van der Waals surface area contributed by atoms with Crippen LogP contribution >= 0.6 is 0 Å². The Kier molecular flexibility index (Phi) is 4.16. The van der Waals surface area contributed by atoms with Gasteiger partial charge in [0.05, 0.1) is 12.8 Å². The van der Waals surface area contributed by atoms with Gasteiger partial charge < -0.3 is 9.64 Å². The van der Waals surface area contributed by atoms with Crippen LogP contribution in [0.3, 0.4) is 0 Å². The molecule has 2 aromatic heterocycles. The summed E-state index contributed by atoms with van der Waals surface area (Å²) in [6.45, 7) is 1.45. The number of benzene rings is 1. The number of ether oxygens (including phenoxy) is 1. The van der Waals surface area contributed by atoms with Crippen LogP contribution in [0.2, 0.25) is 0 Å². The lowest BCUT2D eigenvalue weighted by Gasteiger charge is -2.41. The Morgan fingerprint density at radius 1 is 1.16 bits per heavy atom. The van der Waals surface area contributed by atoms with E-state index < -0.39 is 0 Å². The summed E-state index contributed by atoms with van der Waals surface area (Å²) in [6, 6.07) is 9.51. The first kappa shape index (κ1) is 18.6. The Hall–Kier alpha value is -3.16. The third kappa shape index (κ3) is 3.12. The van der Waals surface area contributed by atoms with Gasteiger partial charge in [0.2, 0.25) is 0 Å². The summed E-state index contributed by atoms with van der Waals surface area (Å²) in [5.41, 5.74) is 2.36. The van der Waals surface area contributed by atoms with Gasteiger partial charge in [0.25, 0.3) is 5.91 Å². The zero-order valence-electron chi connectivity index (χ0n) is 17.6. The summed E-state index contributed by atoms with van der Waals surface area (Å²) in [5, 5.41) is 15.0. The van der Waals surface area contributed by atoms with E-state index in [1.807, 2.05) is 35.2 Å². The summed E-state index contributed by atoms with van der Waals surface area (Å²) in [5.74, 6) is 3.47. The second-order valence-electron chi connectivity index (χ2n) is 9.20. The van der Waals surface area contributed by atoms with Gasteiger partial charge >= 0.3 is 0 Å². The van der Waals surface area contributed by atoms with Crippen LogP contribution in [0.25, 0.3) is 11.3 Å². The Labute approximate surface area is 180 Å². The minimum Gasteiger partial charge on any atom is -0.497 e. The van der Waals surface area contributed by atoms with Gasteiger partial charge in [-0.15, -0.1) is 0 Å². The van der Waals surface area contributed by atoms with Crippen molar-refractivity contribution >= 4 is 5.91 Å². The fourth-order valence-electron chi connectivity index (χ4n) is 5.12.